The molecule has 0 heterocycles. The zero-order valence-electron chi connectivity index (χ0n) is 20.8. The molecule has 2 unspecified atom stereocenters. The fourth-order valence-corrected chi connectivity index (χ4v) is 3.90. The summed E-state index contributed by atoms with van der Waals surface area (Å²) in [4.78, 5) is 16.4. The second-order valence-corrected chi connectivity index (χ2v) is 9.53. The van der Waals surface area contributed by atoms with Crippen LogP contribution in [0.4, 0.5) is 0 Å². The fourth-order valence-electron chi connectivity index (χ4n) is 3.35. The first-order valence-electron chi connectivity index (χ1n) is 13.0. The first-order chi connectivity index (χ1) is 16.1. The van der Waals surface area contributed by atoms with Crippen molar-refractivity contribution in [3.05, 3.63) is 0 Å². The van der Waals surface area contributed by atoms with Crippen LogP contribution in [0.1, 0.15) is 116 Å². The number of hydrogen-bond acceptors (Lipinski definition) is 8. The molecule has 0 fully saturated rings. The van der Waals surface area contributed by atoms with Crippen LogP contribution in [0.2, 0.25) is 0 Å². The maximum absolute atomic E-state index is 11.7. The van der Waals surface area contributed by atoms with Crippen molar-refractivity contribution in [1.82, 2.24) is 0 Å². The molecule has 9 heteroatoms. The molecule has 0 saturated carbocycles. The highest BCUT2D eigenvalue weighted by atomic mass is 31.1. The quantitative estimate of drug-likeness (QED) is 0.0501. The number of rotatable bonds is 26. The summed E-state index contributed by atoms with van der Waals surface area (Å²) in [6.45, 7) is 1.80. The van der Waals surface area contributed by atoms with E-state index in [1.54, 1.807) is 0 Å². The Balaban J connectivity index is 3.25. The number of carbonyl (C=O) groups is 1. The number of esters is 1. The zero-order chi connectivity index (χ0) is 24.4. The lowest BCUT2D eigenvalue weighted by atomic mass is 10.0. The van der Waals surface area contributed by atoms with E-state index in [2.05, 4.69) is 16.1 Å². The lowest BCUT2D eigenvalue weighted by molar-refractivity contribution is -0.212. The molecule has 0 bridgehead atoms. The number of unbranched alkanes of at least 4 members (excludes halogenated alkanes) is 14. The summed E-state index contributed by atoms with van der Waals surface area (Å²) >= 11 is 0. The average Bonchev–Trinajstić information content (AvgIpc) is 2.82. The summed E-state index contributed by atoms with van der Waals surface area (Å²) in [5.41, 5.74) is 0. The zero-order valence-corrected chi connectivity index (χ0v) is 21.8. The molecule has 0 aliphatic heterocycles. The minimum absolute atomic E-state index is 0.106. The standard InChI is InChI=1S/C24H49O8P/c1-2-3-4-5-6-7-8-9-10-11-12-13-14-15-16-18-24(27)29-19-17-20-30-32-33(28)31-22-23(26)21-25/h23,25-26,33H,2-22H2,1H3. The molecular formula is C24H49O8P. The molecule has 8 nitrogen and oxygen atoms in total. The van der Waals surface area contributed by atoms with Crippen LogP contribution in [0.15, 0.2) is 0 Å². The maximum atomic E-state index is 11.7. The van der Waals surface area contributed by atoms with Gasteiger partial charge in [-0.2, -0.15) is 4.67 Å². The monoisotopic (exact) mass is 496 g/mol. The van der Waals surface area contributed by atoms with Gasteiger partial charge in [0.05, 0.1) is 26.4 Å². The SMILES string of the molecule is CCCCCCCCCCCCCCCCCC(=O)OCCCOO[PH](=O)OCC(O)CO. The first kappa shape index (κ1) is 32.5. The van der Waals surface area contributed by atoms with Gasteiger partial charge in [-0.3, -0.25) is 9.36 Å². The van der Waals surface area contributed by atoms with Gasteiger partial charge in [0, 0.05) is 12.8 Å². The van der Waals surface area contributed by atoms with Crippen molar-refractivity contribution < 1.29 is 38.4 Å². The van der Waals surface area contributed by atoms with E-state index in [0.717, 1.165) is 12.8 Å². The molecule has 0 aromatic rings. The van der Waals surface area contributed by atoms with E-state index in [4.69, 9.17) is 19.8 Å². The predicted octanol–water partition coefficient (Wildman–Crippen LogP) is 5.89. The number of ether oxygens (including phenoxy) is 1. The molecule has 0 aliphatic rings. The Hall–Kier alpha value is -0.500. The van der Waals surface area contributed by atoms with Gasteiger partial charge in [0.1, 0.15) is 6.10 Å². The third kappa shape index (κ3) is 26.0. The van der Waals surface area contributed by atoms with Crippen molar-refractivity contribution in [2.24, 2.45) is 0 Å². The van der Waals surface area contributed by atoms with E-state index >= 15 is 0 Å². The molecule has 0 radical (unpaired) electrons. The van der Waals surface area contributed by atoms with Crippen molar-refractivity contribution in [2.45, 2.75) is 122 Å². The predicted molar refractivity (Wildman–Crippen MR) is 130 cm³/mol. The van der Waals surface area contributed by atoms with Gasteiger partial charge in [-0.05, 0) is 6.42 Å². The van der Waals surface area contributed by atoms with Crippen LogP contribution in [-0.2, 0) is 28.2 Å². The van der Waals surface area contributed by atoms with Gasteiger partial charge in [0.2, 0.25) is 0 Å². The highest BCUT2D eigenvalue weighted by Gasteiger charge is 2.07. The fraction of sp³-hybridized carbons (Fsp3) is 0.958. The van der Waals surface area contributed by atoms with Gasteiger partial charge in [-0.15, -0.1) is 0 Å². The molecule has 0 saturated heterocycles. The summed E-state index contributed by atoms with van der Waals surface area (Å²) in [6.07, 6.45) is 19.1. The number of hydrogen-bond donors (Lipinski definition) is 2. The number of aliphatic hydroxyl groups is 2. The summed E-state index contributed by atoms with van der Waals surface area (Å²) in [7, 11) is -2.88. The Kier molecular flexibility index (Phi) is 25.7. The highest BCUT2D eigenvalue weighted by molar-refractivity contribution is 7.33. The summed E-state index contributed by atoms with van der Waals surface area (Å²) in [5, 5.41) is 17.6. The van der Waals surface area contributed by atoms with E-state index < -0.39 is 21.0 Å². The lowest BCUT2D eigenvalue weighted by Crippen LogP contribution is -2.17. The van der Waals surface area contributed by atoms with E-state index in [1.807, 2.05) is 0 Å². The Morgan fingerprint density at radius 3 is 1.82 bits per heavy atom. The van der Waals surface area contributed by atoms with E-state index in [9.17, 15) is 9.36 Å². The Morgan fingerprint density at radius 1 is 0.788 bits per heavy atom. The molecule has 33 heavy (non-hydrogen) atoms. The van der Waals surface area contributed by atoms with Crippen LogP contribution in [0.25, 0.3) is 0 Å². The summed E-state index contributed by atoms with van der Waals surface area (Å²) in [6, 6.07) is 0. The van der Waals surface area contributed by atoms with E-state index in [0.29, 0.717) is 12.8 Å². The molecule has 2 atom stereocenters. The Labute approximate surface area is 201 Å². The van der Waals surface area contributed by atoms with Gasteiger partial charge in [0.15, 0.2) is 0 Å². The minimum Gasteiger partial charge on any atom is -0.466 e. The summed E-state index contributed by atoms with van der Waals surface area (Å²) < 4.78 is 25.5. The molecule has 198 valence electrons. The molecule has 0 aromatic carbocycles. The molecule has 0 rings (SSSR count). The van der Waals surface area contributed by atoms with Crippen molar-refractivity contribution in [3.8, 4) is 0 Å². The first-order valence-corrected chi connectivity index (χ1v) is 14.2. The van der Waals surface area contributed by atoms with Crippen LogP contribution in [0, 0.1) is 0 Å². The Morgan fingerprint density at radius 2 is 1.30 bits per heavy atom. The van der Waals surface area contributed by atoms with Gasteiger partial charge < -0.3 is 19.5 Å². The highest BCUT2D eigenvalue weighted by Crippen LogP contribution is 2.24. The maximum Gasteiger partial charge on any atom is 0.347 e. The van der Waals surface area contributed by atoms with Crippen LogP contribution < -0.4 is 0 Å². The third-order valence-electron chi connectivity index (χ3n) is 5.35. The van der Waals surface area contributed by atoms with Crippen LogP contribution >= 0.6 is 8.25 Å². The van der Waals surface area contributed by atoms with Gasteiger partial charge in [0.25, 0.3) is 0 Å². The third-order valence-corrected chi connectivity index (χ3v) is 6.01. The molecule has 0 spiro atoms. The van der Waals surface area contributed by atoms with Crippen LogP contribution in [0.3, 0.4) is 0 Å². The number of aliphatic hydroxyl groups excluding tert-OH is 2. The van der Waals surface area contributed by atoms with E-state index in [-0.39, 0.29) is 25.8 Å². The summed E-state index contributed by atoms with van der Waals surface area (Å²) in [5.74, 6) is -0.208. The molecule has 0 aliphatic carbocycles. The van der Waals surface area contributed by atoms with Gasteiger partial charge in [-0.1, -0.05) is 96.8 Å². The normalized spacial score (nSPS) is 13.2. The van der Waals surface area contributed by atoms with Crippen molar-refractivity contribution >= 4 is 14.2 Å². The smallest absolute Gasteiger partial charge is 0.347 e. The van der Waals surface area contributed by atoms with E-state index in [1.165, 1.54) is 83.5 Å². The van der Waals surface area contributed by atoms with Crippen molar-refractivity contribution in [3.63, 3.8) is 0 Å². The lowest BCUT2D eigenvalue weighted by Gasteiger charge is -2.08. The molecule has 0 aromatic heterocycles. The molecule has 2 N–H and O–H groups in total. The largest absolute Gasteiger partial charge is 0.466 e. The Bertz CT molecular complexity index is 450. The van der Waals surface area contributed by atoms with Gasteiger partial charge in [-0.25, -0.2) is 4.89 Å². The minimum atomic E-state index is -2.88. The number of carbonyl (C=O) groups excluding carboxylic acids is 1. The average molecular weight is 497 g/mol. The van der Waals surface area contributed by atoms with Gasteiger partial charge >= 0.3 is 14.2 Å². The van der Waals surface area contributed by atoms with Crippen LogP contribution in [-0.4, -0.2) is 48.7 Å². The second kappa shape index (κ2) is 26.1. The van der Waals surface area contributed by atoms with Crippen molar-refractivity contribution in [1.29, 1.82) is 0 Å². The topological polar surface area (TPSA) is 112 Å². The molecular weight excluding hydrogens is 447 g/mol. The van der Waals surface area contributed by atoms with Crippen LogP contribution in [0.5, 0.6) is 0 Å². The second-order valence-electron chi connectivity index (χ2n) is 8.58. The molecule has 0 amide bonds. The van der Waals surface area contributed by atoms with Crippen molar-refractivity contribution in [2.75, 3.05) is 26.4 Å².